The fourth-order valence-electron chi connectivity index (χ4n) is 4.71. The van der Waals surface area contributed by atoms with E-state index >= 15 is 0 Å². The van der Waals surface area contributed by atoms with Crippen LogP contribution in [0.25, 0.3) is 0 Å². The lowest BCUT2D eigenvalue weighted by atomic mass is 9.82. The van der Waals surface area contributed by atoms with Gasteiger partial charge in [0.05, 0.1) is 34.5 Å². The Morgan fingerprint density at radius 3 is 2.14 bits per heavy atom. The van der Waals surface area contributed by atoms with Gasteiger partial charge in [0, 0.05) is 36.8 Å². The minimum absolute atomic E-state index is 0.0701. The van der Waals surface area contributed by atoms with Gasteiger partial charge in [0.25, 0.3) is 0 Å². The fourth-order valence-corrected chi connectivity index (χ4v) is 4.71. The van der Waals surface area contributed by atoms with Gasteiger partial charge < -0.3 is 24.3 Å². The van der Waals surface area contributed by atoms with Crippen molar-refractivity contribution in [1.29, 1.82) is 0 Å². The summed E-state index contributed by atoms with van der Waals surface area (Å²) in [5.41, 5.74) is 3.49. The average molecular weight is 384 g/mol. The smallest absolute Gasteiger partial charge is 0.207 e. The maximum Gasteiger partial charge on any atom is 0.207 e. The molecule has 2 aliphatic rings. The molecule has 6 heteroatoms. The maximum atomic E-state index is 5.91. The zero-order chi connectivity index (χ0) is 19.7. The molecule has 0 unspecified atom stereocenters. The number of piperazine rings is 1. The largest absolute Gasteiger partial charge is 0.492 e. The summed E-state index contributed by atoms with van der Waals surface area (Å²) in [6, 6.07) is 11.0. The lowest BCUT2D eigenvalue weighted by molar-refractivity contribution is 0.108. The highest BCUT2D eigenvalue weighted by Crippen LogP contribution is 2.55. The van der Waals surface area contributed by atoms with Crippen molar-refractivity contribution < 1.29 is 18.9 Å². The Morgan fingerprint density at radius 1 is 0.857 bits per heavy atom. The van der Waals surface area contributed by atoms with Crippen LogP contribution in [0.4, 0.5) is 0 Å². The summed E-state index contributed by atoms with van der Waals surface area (Å²) < 4.78 is 23.2. The monoisotopic (exact) mass is 384 g/mol. The van der Waals surface area contributed by atoms with Crippen molar-refractivity contribution in [2.45, 2.75) is 18.5 Å². The Bertz CT molecular complexity index is 840. The molecule has 2 atom stereocenters. The molecule has 2 aliphatic heterocycles. The number of benzene rings is 2. The highest BCUT2D eigenvalue weighted by atomic mass is 16.5. The van der Waals surface area contributed by atoms with E-state index in [0.717, 1.165) is 48.7 Å². The second kappa shape index (κ2) is 7.89. The quantitative estimate of drug-likeness (QED) is 0.855. The molecule has 0 radical (unpaired) electrons. The molecule has 0 amide bonds. The molecular formula is C22H28N2O4. The molecule has 0 bridgehead atoms. The molecule has 6 nitrogen and oxygen atoms in total. The van der Waals surface area contributed by atoms with Crippen LogP contribution in [0.5, 0.6) is 23.0 Å². The van der Waals surface area contributed by atoms with Crippen LogP contribution in [0.15, 0.2) is 30.3 Å². The summed E-state index contributed by atoms with van der Waals surface area (Å²) >= 11 is 0. The van der Waals surface area contributed by atoms with E-state index in [0.29, 0.717) is 17.5 Å². The summed E-state index contributed by atoms with van der Waals surface area (Å²) in [7, 11) is 6.65. The molecule has 0 spiro atoms. The number of nitrogens with zero attached hydrogens (tertiary/aromatic N) is 1. The molecule has 2 aromatic rings. The summed E-state index contributed by atoms with van der Waals surface area (Å²) in [5, 5.41) is 3.53. The highest BCUT2D eigenvalue weighted by Gasteiger charge is 2.42. The molecular weight excluding hydrogens is 356 g/mol. The first-order chi connectivity index (χ1) is 13.7. The van der Waals surface area contributed by atoms with E-state index in [2.05, 4.69) is 40.5 Å². The van der Waals surface area contributed by atoms with Gasteiger partial charge in [-0.25, -0.2) is 0 Å². The number of nitrogens with one attached hydrogen (secondary N) is 1. The standard InChI is InChI=1S/C22H28N2O4/c1-25-19-16-12-15-13-23-10-11-24(15)18(14-8-6-5-7-9-14)17(16)20(26-2)22(28-4)21(19)27-3/h5-9,15,18,23H,10-13H2,1-4H3/t15-,18-/m0/s1. The summed E-state index contributed by atoms with van der Waals surface area (Å²) in [5.74, 6) is 2.63. The first-order valence-corrected chi connectivity index (χ1v) is 9.65. The molecule has 2 aromatic carbocycles. The van der Waals surface area contributed by atoms with Crippen LogP contribution in [0, 0.1) is 0 Å². The van der Waals surface area contributed by atoms with Gasteiger partial charge in [-0.3, -0.25) is 4.90 Å². The second-order valence-electron chi connectivity index (χ2n) is 7.14. The maximum absolute atomic E-state index is 5.91. The van der Waals surface area contributed by atoms with Gasteiger partial charge in [-0.05, 0) is 12.0 Å². The van der Waals surface area contributed by atoms with E-state index in [4.69, 9.17) is 18.9 Å². The Kier molecular flexibility index (Phi) is 5.33. The van der Waals surface area contributed by atoms with E-state index in [1.54, 1.807) is 28.4 Å². The van der Waals surface area contributed by atoms with Crippen LogP contribution >= 0.6 is 0 Å². The van der Waals surface area contributed by atoms with Crippen LogP contribution in [0.2, 0.25) is 0 Å². The number of fused-ring (bicyclic) bond motifs is 2. The van der Waals surface area contributed by atoms with E-state index in [1.165, 1.54) is 5.56 Å². The zero-order valence-corrected chi connectivity index (χ0v) is 17.0. The van der Waals surface area contributed by atoms with Crippen molar-refractivity contribution in [3.05, 3.63) is 47.0 Å². The van der Waals surface area contributed by atoms with Crippen LogP contribution < -0.4 is 24.3 Å². The normalized spacial score (nSPS) is 21.4. The third-order valence-corrected chi connectivity index (χ3v) is 5.83. The first kappa shape index (κ1) is 18.9. The first-order valence-electron chi connectivity index (χ1n) is 9.65. The van der Waals surface area contributed by atoms with Gasteiger partial charge in [-0.2, -0.15) is 0 Å². The lowest BCUT2D eigenvalue weighted by Gasteiger charge is -2.47. The van der Waals surface area contributed by atoms with Gasteiger partial charge in [0.15, 0.2) is 11.5 Å². The minimum atomic E-state index is 0.0701. The minimum Gasteiger partial charge on any atom is -0.492 e. The molecule has 0 saturated carbocycles. The van der Waals surface area contributed by atoms with Crippen molar-refractivity contribution in [3.63, 3.8) is 0 Å². The summed E-state index contributed by atoms with van der Waals surface area (Å²) in [6.07, 6.45) is 0.867. The molecule has 1 saturated heterocycles. The fraction of sp³-hybridized carbons (Fsp3) is 0.455. The topological polar surface area (TPSA) is 52.2 Å². The molecule has 1 N–H and O–H groups in total. The van der Waals surface area contributed by atoms with Gasteiger partial charge in [-0.15, -0.1) is 0 Å². The highest BCUT2D eigenvalue weighted by molar-refractivity contribution is 5.69. The van der Waals surface area contributed by atoms with Gasteiger partial charge >= 0.3 is 0 Å². The predicted molar refractivity (Wildman–Crippen MR) is 108 cm³/mol. The van der Waals surface area contributed by atoms with Gasteiger partial charge in [0.2, 0.25) is 11.5 Å². The molecule has 4 rings (SSSR count). The summed E-state index contributed by atoms with van der Waals surface area (Å²) in [6.45, 7) is 2.90. The second-order valence-corrected chi connectivity index (χ2v) is 7.14. The van der Waals surface area contributed by atoms with Gasteiger partial charge in [0.1, 0.15) is 0 Å². The van der Waals surface area contributed by atoms with E-state index < -0.39 is 0 Å². The van der Waals surface area contributed by atoms with Crippen molar-refractivity contribution >= 4 is 0 Å². The molecule has 1 fully saturated rings. The Hall–Kier alpha value is -2.44. The van der Waals surface area contributed by atoms with E-state index in [-0.39, 0.29) is 6.04 Å². The third kappa shape index (κ3) is 2.88. The molecule has 28 heavy (non-hydrogen) atoms. The predicted octanol–water partition coefficient (Wildman–Crippen LogP) is 2.64. The Morgan fingerprint density at radius 2 is 1.50 bits per heavy atom. The van der Waals surface area contributed by atoms with Crippen molar-refractivity contribution in [2.24, 2.45) is 0 Å². The van der Waals surface area contributed by atoms with Crippen LogP contribution in [0.1, 0.15) is 22.7 Å². The molecule has 0 aromatic heterocycles. The van der Waals surface area contributed by atoms with Crippen molar-refractivity contribution in [1.82, 2.24) is 10.2 Å². The van der Waals surface area contributed by atoms with Gasteiger partial charge in [-0.1, -0.05) is 30.3 Å². The van der Waals surface area contributed by atoms with Crippen LogP contribution in [-0.2, 0) is 6.42 Å². The molecule has 0 aliphatic carbocycles. The Labute approximate surface area is 166 Å². The average Bonchev–Trinajstić information content (AvgIpc) is 2.76. The van der Waals surface area contributed by atoms with Crippen LogP contribution in [-0.4, -0.2) is 59.0 Å². The number of methoxy groups -OCH3 is 4. The summed E-state index contributed by atoms with van der Waals surface area (Å²) in [4.78, 5) is 2.57. The number of hydrogen-bond donors (Lipinski definition) is 1. The number of rotatable bonds is 5. The van der Waals surface area contributed by atoms with Crippen molar-refractivity contribution in [2.75, 3.05) is 48.1 Å². The zero-order valence-electron chi connectivity index (χ0n) is 17.0. The molecule has 2 heterocycles. The number of ether oxygens (including phenoxy) is 4. The molecule has 150 valence electrons. The Balaban J connectivity index is 2.03. The van der Waals surface area contributed by atoms with E-state index in [9.17, 15) is 0 Å². The SMILES string of the molecule is COc1c2c(c(OC)c(OC)c1OC)[C@H](c1ccccc1)N1CCNC[C@@H]1C2. The third-order valence-electron chi connectivity index (χ3n) is 5.83. The van der Waals surface area contributed by atoms with Crippen molar-refractivity contribution in [3.8, 4) is 23.0 Å². The lowest BCUT2D eigenvalue weighted by Crippen LogP contribution is -2.55. The van der Waals surface area contributed by atoms with Crippen LogP contribution in [0.3, 0.4) is 0 Å². The van der Waals surface area contributed by atoms with E-state index in [1.807, 2.05) is 0 Å². The number of hydrogen-bond acceptors (Lipinski definition) is 6.